The number of rotatable bonds is 8. The summed E-state index contributed by atoms with van der Waals surface area (Å²) in [5.74, 6) is 2.32. The minimum Gasteiger partial charge on any atom is -0.508 e. The van der Waals surface area contributed by atoms with Crippen molar-refractivity contribution in [2.75, 3.05) is 32.8 Å². The molecule has 0 radical (unpaired) electrons. The zero-order valence-electron chi connectivity index (χ0n) is 19.9. The fourth-order valence-corrected chi connectivity index (χ4v) is 5.39. The van der Waals surface area contributed by atoms with Crippen LogP contribution in [0.15, 0.2) is 72.8 Å². The molecule has 1 saturated heterocycles. The van der Waals surface area contributed by atoms with Crippen LogP contribution in [0.5, 0.6) is 17.2 Å². The lowest BCUT2D eigenvalue weighted by molar-refractivity contribution is 0.216. The number of ether oxygens (including phenoxy) is 2. The maximum atomic E-state index is 10.2. The van der Waals surface area contributed by atoms with Crippen molar-refractivity contribution in [3.63, 3.8) is 0 Å². The molecule has 1 fully saturated rings. The van der Waals surface area contributed by atoms with Crippen molar-refractivity contribution >= 4 is 0 Å². The molecule has 2 aliphatic heterocycles. The van der Waals surface area contributed by atoms with Crippen LogP contribution in [0.1, 0.15) is 60.6 Å². The Bertz CT molecular complexity index is 1040. The summed E-state index contributed by atoms with van der Waals surface area (Å²) < 4.78 is 12.2. The molecule has 0 spiro atoms. The quantitative estimate of drug-likeness (QED) is 0.401. The van der Waals surface area contributed by atoms with Gasteiger partial charge in [0.25, 0.3) is 0 Å². The van der Waals surface area contributed by atoms with Gasteiger partial charge >= 0.3 is 0 Å². The van der Waals surface area contributed by atoms with Crippen molar-refractivity contribution in [1.29, 1.82) is 0 Å². The molecular formula is C30H35NO3. The van der Waals surface area contributed by atoms with E-state index in [1.54, 1.807) is 6.07 Å². The zero-order valence-corrected chi connectivity index (χ0v) is 19.9. The van der Waals surface area contributed by atoms with E-state index in [0.717, 1.165) is 30.1 Å². The highest BCUT2D eigenvalue weighted by Gasteiger charge is 2.33. The lowest BCUT2D eigenvalue weighted by Crippen LogP contribution is -2.30. The summed E-state index contributed by atoms with van der Waals surface area (Å²) in [6.45, 7) is 5.09. The summed E-state index contributed by atoms with van der Waals surface area (Å²) in [6.07, 6.45) is 6.37. The second-order valence-electron chi connectivity index (χ2n) is 9.55. The van der Waals surface area contributed by atoms with E-state index in [1.807, 2.05) is 18.2 Å². The molecule has 0 aliphatic carbocycles. The molecule has 178 valence electrons. The van der Waals surface area contributed by atoms with Crippen molar-refractivity contribution in [2.24, 2.45) is 0 Å². The first-order valence-electron chi connectivity index (χ1n) is 12.7. The summed E-state index contributed by atoms with van der Waals surface area (Å²) in [7, 11) is 0. The van der Waals surface area contributed by atoms with E-state index in [9.17, 15) is 5.11 Å². The summed E-state index contributed by atoms with van der Waals surface area (Å²) in [6, 6.07) is 24.4. The van der Waals surface area contributed by atoms with E-state index in [-0.39, 0.29) is 17.6 Å². The minimum absolute atomic E-state index is 0.108. The van der Waals surface area contributed by atoms with Gasteiger partial charge in [0, 0.05) is 17.4 Å². The third-order valence-electron chi connectivity index (χ3n) is 7.20. The lowest BCUT2D eigenvalue weighted by atomic mass is 9.76. The Morgan fingerprint density at radius 3 is 2.44 bits per heavy atom. The minimum atomic E-state index is 0.108. The lowest BCUT2D eigenvalue weighted by Gasteiger charge is -2.34. The molecule has 2 atom stereocenters. The molecule has 0 aromatic heterocycles. The molecule has 5 rings (SSSR count). The normalized spacial score (nSPS) is 20.4. The van der Waals surface area contributed by atoms with Crippen LogP contribution in [0.25, 0.3) is 0 Å². The average Bonchev–Trinajstić information content (AvgIpc) is 2.89. The summed E-state index contributed by atoms with van der Waals surface area (Å²) in [5.41, 5.74) is 3.49. The predicted octanol–water partition coefficient (Wildman–Crippen LogP) is 6.35. The molecule has 4 heteroatoms. The number of fused-ring (bicyclic) bond motifs is 1. The highest BCUT2D eigenvalue weighted by Crippen LogP contribution is 2.47. The molecule has 3 aromatic carbocycles. The number of benzene rings is 3. The van der Waals surface area contributed by atoms with Gasteiger partial charge in [-0.05, 0) is 86.8 Å². The molecule has 0 unspecified atom stereocenters. The van der Waals surface area contributed by atoms with Crippen molar-refractivity contribution in [1.82, 2.24) is 4.90 Å². The second-order valence-corrected chi connectivity index (χ2v) is 9.55. The van der Waals surface area contributed by atoms with Crippen LogP contribution in [0.3, 0.4) is 0 Å². The van der Waals surface area contributed by atoms with Crippen LogP contribution in [-0.4, -0.2) is 42.9 Å². The van der Waals surface area contributed by atoms with Gasteiger partial charge in [-0.15, -0.1) is 0 Å². The van der Waals surface area contributed by atoms with E-state index < -0.39 is 0 Å². The Morgan fingerprint density at radius 2 is 1.65 bits per heavy atom. The molecule has 2 heterocycles. The third kappa shape index (κ3) is 5.39. The molecular weight excluding hydrogens is 422 g/mol. The van der Waals surface area contributed by atoms with E-state index >= 15 is 0 Å². The van der Waals surface area contributed by atoms with E-state index in [4.69, 9.17) is 9.47 Å². The summed E-state index contributed by atoms with van der Waals surface area (Å²) in [4.78, 5) is 2.59. The topological polar surface area (TPSA) is 41.9 Å². The Hall–Kier alpha value is -2.98. The molecule has 34 heavy (non-hydrogen) atoms. The van der Waals surface area contributed by atoms with E-state index in [2.05, 4.69) is 53.4 Å². The van der Waals surface area contributed by atoms with Gasteiger partial charge in [-0.1, -0.05) is 48.9 Å². The van der Waals surface area contributed by atoms with Gasteiger partial charge in [-0.3, -0.25) is 0 Å². The van der Waals surface area contributed by atoms with Gasteiger partial charge in [0.05, 0.1) is 13.2 Å². The second kappa shape index (κ2) is 11.0. The number of piperidine rings is 1. The van der Waals surface area contributed by atoms with Crippen molar-refractivity contribution < 1.29 is 14.6 Å². The Balaban J connectivity index is 1.26. The van der Waals surface area contributed by atoms with Crippen LogP contribution in [0.4, 0.5) is 0 Å². The van der Waals surface area contributed by atoms with Crippen LogP contribution < -0.4 is 9.47 Å². The van der Waals surface area contributed by atoms with Gasteiger partial charge in [0.15, 0.2) is 0 Å². The molecule has 0 bridgehead atoms. The Morgan fingerprint density at radius 1 is 0.853 bits per heavy atom. The van der Waals surface area contributed by atoms with Crippen LogP contribution in [-0.2, 0) is 0 Å². The number of hydrogen-bond donors (Lipinski definition) is 1. The average molecular weight is 458 g/mol. The van der Waals surface area contributed by atoms with E-state index in [1.165, 1.54) is 56.4 Å². The standard InChI is InChI=1S/C30H35NO3/c32-25-13-16-29-27(21-25)30(28(22-34-29)23-9-3-1-4-10-23)24-11-14-26(15-12-24)33-20-8-7-19-31-17-5-2-6-18-31/h1,3-4,9-16,21,28,30,32H,2,5-8,17-20,22H2/t28-,30+/m1/s1. The van der Waals surface area contributed by atoms with Gasteiger partial charge in [-0.2, -0.15) is 0 Å². The zero-order chi connectivity index (χ0) is 23.2. The van der Waals surface area contributed by atoms with Crippen LogP contribution in [0, 0.1) is 0 Å². The monoisotopic (exact) mass is 457 g/mol. The number of likely N-dealkylation sites (tertiary alicyclic amines) is 1. The van der Waals surface area contributed by atoms with Crippen molar-refractivity contribution in [3.05, 3.63) is 89.5 Å². The Labute approximate surface area is 203 Å². The van der Waals surface area contributed by atoms with Crippen LogP contribution in [0.2, 0.25) is 0 Å². The van der Waals surface area contributed by atoms with Gasteiger partial charge in [0.2, 0.25) is 0 Å². The molecule has 0 saturated carbocycles. The molecule has 2 aliphatic rings. The summed E-state index contributed by atoms with van der Waals surface area (Å²) in [5, 5.41) is 10.2. The van der Waals surface area contributed by atoms with Gasteiger partial charge in [-0.25, -0.2) is 0 Å². The number of hydrogen-bond acceptors (Lipinski definition) is 4. The van der Waals surface area contributed by atoms with Crippen molar-refractivity contribution in [2.45, 2.75) is 43.9 Å². The van der Waals surface area contributed by atoms with E-state index in [0.29, 0.717) is 6.61 Å². The predicted molar refractivity (Wildman–Crippen MR) is 136 cm³/mol. The molecule has 1 N–H and O–H groups in total. The first-order chi connectivity index (χ1) is 16.8. The number of unbranched alkanes of at least 4 members (excludes halogenated alkanes) is 1. The molecule has 4 nitrogen and oxygen atoms in total. The van der Waals surface area contributed by atoms with Crippen molar-refractivity contribution in [3.8, 4) is 17.2 Å². The number of aromatic hydroxyl groups is 1. The first kappa shape index (κ1) is 22.8. The maximum Gasteiger partial charge on any atom is 0.123 e. The van der Waals surface area contributed by atoms with Gasteiger partial charge < -0.3 is 19.5 Å². The highest BCUT2D eigenvalue weighted by molar-refractivity contribution is 5.51. The Kier molecular flexibility index (Phi) is 7.35. The summed E-state index contributed by atoms with van der Waals surface area (Å²) >= 11 is 0. The highest BCUT2D eigenvalue weighted by atomic mass is 16.5. The largest absolute Gasteiger partial charge is 0.508 e. The molecule has 0 amide bonds. The van der Waals surface area contributed by atoms with Gasteiger partial charge in [0.1, 0.15) is 17.2 Å². The molecule has 3 aromatic rings. The number of nitrogens with zero attached hydrogens (tertiary/aromatic N) is 1. The number of phenolic OH excluding ortho intramolecular Hbond substituents is 1. The number of phenols is 1. The maximum absolute atomic E-state index is 10.2. The fourth-order valence-electron chi connectivity index (χ4n) is 5.39. The SMILES string of the molecule is Oc1ccc2c(c1)[C@H](c1ccc(OCCCCN3CCCCC3)cc1)[C@@H](c1ccccc1)CO2. The fraction of sp³-hybridized carbons (Fsp3) is 0.400. The van der Waals surface area contributed by atoms with Crippen LogP contribution >= 0.6 is 0 Å². The smallest absolute Gasteiger partial charge is 0.123 e. The first-order valence-corrected chi connectivity index (χ1v) is 12.7. The third-order valence-corrected chi connectivity index (χ3v) is 7.20.